The minimum absolute atomic E-state index is 0.384. The zero-order chi connectivity index (χ0) is 37.0. The summed E-state index contributed by atoms with van der Waals surface area (Å²) >= 11 is 0. The Balaban J connectivity index is 0.959. The lowest BCUT2D eigenvalue weighted by molar-refractivity contribution is 0.237. The van der Waals surface area contributed by atoms with Gasteiger partial charge in [-0.15, -0.1) is 0 Å². The van der Waals surface area contributed by atoms with Gasteiger partial charge < -0.3 is 10.6 Å². The van der Waals surface area contributed by atoms with E-state index in [1.165, 1.54) is 110 Å². The van der Waals surface area contributed by atoms with Crippen LogP contribution in [0.1, 0.15) is 185 Å². The number of hydrogen-bond donors (Lipinski definition) is 2. The average molecular weight is 721 g/mol. The minimum Gasteiger partial charge on any atom is -0.313 e. The molecule has 2 aliphatic carbocycles. The van der Waals surface area contributed by atoms with Gasteiger partial charge in [-0.25, -0.2) is 0 Å². The summed E-state index contributed by atoms with van der Waals surface area (Å²) in [6.07, 6.45) is 16.2. The molecule has 8 rings (SSSR count). The van der Waals surface area contributed by atoms with E-state index in [0.717, 1.165) is 30.8 Å². The lowest BCUT2D eigenvalue weighted by atomic mass is 9.71. The van der Waals surface area contributed by atoms with Gasteiger partial charge in [0.2, 0.25) is 0 Å². The lowest BCUT2D eigenvalue weighted by Gasteiger charge is -2.34. The Labute approximate surface area is 328 Å². The maximum atomic E-state index is 4.11. The molecule has 2 heterocycles. The van der Waals surface area contributed by atoms with E-state index >= 15 is 0 Å². The Hall–Kier alpha value is -3.20. The van der Waals surface area contributed by atoms with Crippen LogP contribution in [0, 0.1) is 11.8 Å². The molecular formula is C52H68N2. The summed E-state index contributed by atoms with van der Waals surface area (Å²) in [7, 11) is 0. The SMILES string of the molecule is CC(C)c1ccc(C(c2ccc(C(C)C)cc2)C2CC(C3CCCC(c4ccc(C(c5ccc(C6CCCCC6)cc5)C5CCCN5)cc4)C3)CN2)cc1. The molecule has 4 aromatic carbocycles. The van der Waals surface area contributed by atoms with Crippen LogP contribution >= 0.6 is 0 Å². The highest BCUT2D eigenvalue weighted by molar-refractivity contribution is 5.40. The fraction of sp³-hybridized carbons (Fsp3) is 0.538. The van der Waals surface area contributed by atoms with Gasteiger partial charge in [0.25, 0.3) is 0 Å². The average Bonchev–Trinajstić information content (AvgIpc) is 3.93. The molecule has 4 fully saturated rings. The molecule has 0 spiro atoms. The highest BCUT2D eigenvalue weighted by Gasteiger charge is 2.38. The normalized spacial score (nSPS) is 25.9. The molecule has 0 aromatic heterocycles. The third kappa shape index (κ3) is 8.46. The summed E-state index contributed by atoms with van der Waals surface area (Å²) < 4.78 is 0. The van der Waals surface area contributed by atoms with E-state index in [1.54, 1.807) is 11.1 Å². The van der Waals surface area contributed by atoms with Gasteiger partial charge in [0.1, 0.15) is 0 Å². The predicted octanol–water partition coefficient (Wildman–Crippen LogP) is 12.9. The fourth-order valence-corrected chi connectivity index (χ4v) is 11.2. The summed E-state index contributed by atoms with van der Waals surface area (Å²) in [6.45, 7) is 11.5. The molecule has 2 saturated heterocycles. The summed E-state index contributed by atoms with van der Waals surface area (Å²) in [5.74, 6) is 4.92. The van der Waals surface area contributed by atoms with Crippen molar-refractivity contribution in [1.29, 1.82) is 0 Å². The van der Waals surface area contributed by atoms with Crippen LogP contribution in [0.5, 0.6) is 0 Å². The van der Waals surface area contributed by atoms with Gasteiger partial charge in [0.05, 0.1) is 0 Å². The number of rotatable bonds is 11. The van der Waals surface area contributed by atoms with Gasteiger partial charge in [-0.05, 0) is 138 Å². The molecule has 2 saturated carbocycles. The molecule has 6 unspecified atom stereocenters. The van der Waals surface area contributed by atoms with Gasteiger partial charge >= 0.3 is 0 Å². The maximum absolute atomic E-state index is 4.11. The van der Waals surface area contributed by atoms with Crippen molar-refractivity contribution >= 4 is 0 Å². The molecule has 2 N–H and O–H groups in total. The second-order valence-electron chi connectivity index (χ2n) is 18.6. The quantitative estimate of drug-likeness (QED) is 0.161. The van der Waals surface area contributed by atoms with Crippen molar-refractivity contribution < 1.29 is 0 Å². The maximum Gasteiger partial charge on any atom is 0.0243 e. The van der Waals surface area contributed by atoms with Crippen molar-refractivity contribution in [2.24, 2.45) is 11.8 Å². The Morgan fingerprint density at radius 1 is 0.407 bits per heavy atom. The van der Waals surface area contributed by atoms with Crippen molar-refractivity contribution in [2.75, 3.05) is 13.1 Å². The Kier molecular flexibility index (Phi) is 12.1. The van der Waals surface area contributed by atoms with Crippen molar-refractivity contribution in [1.82, 2.24) is 10.6 Å². The number of benzene rings is 4. The van der Waals surface area contributed by atoms with Gasteiger partial charge in [-0.2, -0.15) is 0 Å². The van der Waals surface area contributed by atoms with Crippen LogP contribution in [0.4, 0.5) is 0 Å². The smallest absolute Gasteiger partial charge is 0.0243 e. The van der Waals surface area contributed by atoms with Crippen molar-refractivity contribution in [3.63, 3.8) is 0 Å². The second kappa shape index (κ2) is 17.3. The minimum atomic E-state index is 0.384. The molecule has 0 amide bonds. The van der Waals surface area contributed by atoms with E-state index < -0.39 is 0 Å². The van der Waals surface area contributed by atoms with Crippen LogP contribution in [-0.2, 0) is 0 Å². The van der Waals surface area contributed by atoms with E-state index in [4.69, 9.17) is 0 Å². The first-order valence-corrected chi connectivity index (χ1v) is 22.3. The summed E-state index contributed by atoms with van der Waals surface area (Å²) in [5.41, 5.74) is 11.9. The van der Waals surface area contributed by atoms with Gasteiger partial charge in [0.15, 0.2) is 0 Å². The van der Waals surface area contributed by atoms with Gasteiger partial charge in [0, 0.05) is 23.9 Å². The molecular weight excluding hydrogens is 653 g/mol. The largest absolute Gasteiger partial charge is 0.313 e. The van der Waals surface area contributed by atoms with Crippen LogP contribution in [0.3, 0.4) is 0 Å². The van der Waals surface area contributed by atoms with Crippen LogP contribution in [0.15, 0.2) is 97.1 Å². The first-order valence-electron chi connectivity index (χ1n) is 22.3. The molecule has 4 aliphatic rings. The predicted molar refractivity (Wildman–Crippen MR) is 229 cm³/mol. The lowest BCUT2D eigenvalue weighted by Crippen LogP contribution is -2.29. The van der Waals surface area contributed by atoms with E-state index in [2.05, 4.69) is 135 Å². The fourth-order valence-electron chi connectivity index (χ4n) is 11.2. The van der Waals surface area contributed by atoms with Crippen LogP contribution in [0.2, 0.25) is 0 Å². The topological polar surface area (TPSA) is 24.1 Å². The van der Waals surface area contributed by atoms with Crippen LogP contribution in [0.25, 0.3) is 0 Å². The highest BCUT2D eigenvalue weighted by atomic mass is 15.0. The first kappa shape index (κ1) is 37.7. The second-order valence-corrected chi connectivity index (χ2v) is 18.6. The van der Waals surface area contributed by atoms with Gasteiger partial charge in [-0.3, -0.25) is 0 Å². The molecule has 54 heavy (non-hydrogen) atoms. The monoisotopic (exact) mass is 721 g/mol. The third-order valence-electron chi connectivity index (χ3n) is 14.5. The molecule has 2 heteroatoms. The van der Waals surface area contributed by atoms with E-state index in [-0.39, 0.29) is 0 Å². The van der Waals surface area contributed by atoms with Gasteiger partial charge in [-0.1, -0.05) is 157 Å². The standard InChI is InChI=1S/C52H68N2/c1-35(2)37-15-23-44(24-16-37)52(45-25-17-38(18-26-45)36(3)4)50-33-48(34-54-50)47-13-8-12-46(32-47)41-21-29-43(30-22-41)51(49-14-9-31-53-49)42-27-19-40(20-28-42)39-10-6-5-7-11-39/h15-30,35-36,39,46-54H,5-14,31-34H2,1-4H3. The van der Waals surface area contributed by atoms with E-state index in [1.807, 2.05) is 0 Å². The van der Waals surface area contributed by atoms with Crippen molar-refractivity contribution in [2.45, 2.75) is 152 Å². The summed E-state index contributed by atoms with van der Waals surface area (Å²) in [6, 6.07) is 40.1. The Bertz CT molecular complexity index is 1690. The van der Waals surface area contributed by atoms with E-state index in [0.29, 0.717) is 41.7 Å². The zero-order valence-corrected chi connectivity index (χ0v) is 33.9. The highest BCUT2D eigenvalue weighted by Crippen LogP contribution is 2.45. The molecule has 2 aliphatic heterocycles. The number of hydrogen-bond acceptors (Lipinski definition) is 2. The number of nitrogens with one attached hydrogen (secondary N) is 2. The van der Waals surface area contributed by atoms with Crippen LogP contribution in [-0.4, -0.2) is 25.2 Å². The summed E-state index contributed by atoms with van der Waals surface area (Å²) in [5, 5.41) is 7.99. The van der Waals surface area contributed by atoms with Crippen LogP contribution < -0.4 is 10.6 Å². The van der Waals surface area contributed by atoms with E-state index in [9.17, 15) is 0 Å². The first-order chi connectivity index (χ1) is 26.4. The molecule has 286 valence electrons. The zero-order valence-electron chi connectivity index (χ0n) is 33.9. The Morgan fingerprint density at radius 2 is 0.889 bits per heavy atom. The molecule has 0 bridgehead atoms. The van der Waals surface area contributed by atoms with Crippen molar-refractivity contribution in [3.05, 3.63) is 142 Å². The molecule has 4 aromatic rings. The third-order valence-corrected chi connectivity index (χ3v) is 14.5. The van der Waals surface area contributed by atoms with Crippen molar-refractivity contribution in [3.8, 4) is 0 Å². The molecule has 2 nitrogen and oxygen atoms in total. The molecule has 0 radical (unpaired) electrons. The molecule has 6 atom stereocenters. The Morgan fingerprint density at radius 3 is 1.41 bits per heavy atom. The summed E-state index contributed by atoms with van der Waals surface area (Å²) in [4.78, 5) is 0.